The van der Waals surface area contributed by atoms with E-state index in [-0.39, 0.29) is 11.8 Å². The van der Waals surface area contributed by atoms with Crippen LogP contribution in [-0.4, -0.2) is 31.4 Å². The zero-order chi connectivity index (χ0) is 17.6. The van der Waals surface area contributed by atoms with Crippen molar-refractivity contribution in [3.63, 3.8) is 0 Å². The third-order valence-electron chi connectivity index (χ3n) is 4.26. The molecule has 1 aliphatic heterocycles. The van der Waals surface area contributed by atoms with Gasteiger partial charge >= 0.3 is 0 Å². The summed E-state index contributed by atoms with van der Waals surface area (Å²) in [6, 6.07) is 15.2. The predicted octanol–water partition coefficient (Wildman–Crippen LogP) is 2.83. The van der Waals surface area contributed by atoms with Crippen LogP contribution in [0.1, 0.15) is 29.3 Å². The van der Waals surface area contributed by atoms with Gasteiger partial charge < -0.3 is 15.5 Å². The summed E-state index contributed by atoms with van der Waals surface area (Å²) in [5, 5.41) is 5.73. The van der Waals surface area contributed by atoms with E-state index < -0.39 is 0 Å². The number of anilines is 2. The Morgan fingerprint density at radius 2 is 1.96 bits per heavy atom. The van der Waals surface area contributed by atoms with E-state index in [2.05, 4.69) is 21.6 Å². The molecule has 0 radical (unpaired) electrons. The molecule has 2 N–H and O–H groups in total. The molecule has 1 aliphatic rings. The van der Waals surface area contributed by atoms with Gasteiger partial charge in [-0.1, -0.05) is 31.2 Å². The zero-order valence-electron chi connectivity index (χ0n) is 14.4. The van der Waals surface area contributed by atoms with Gasteiger partial charge in [0.15, 0.2) is 0 Å². The molecular formula is C20H23N3O2. The largest absolute Gasteiger partial charge is 0.362 e. The predicted molar refractivity (Wildman–Crippen MR) is 100 cm³/mol. The Hall–Kier alpha value is -2.82. The molecule has 25 heavy (non-hydrogen) atoms. The third kappa shape index (κ3) is 4.18. The van der Waals surface area contributed by atoms with Gasteiger partial charge in [0.2, 0.25) is 5.91 Å². The lowest BCUT2D eigenvalue weighted by atomic mass is 10.2. The quantitative estimate of drug-likeness (QED) is 0.852. The van der Waals surface area contributed by atoms with Crippen LogP contribution in [0.4, 0.5) is 11.4 Å². The minimum atomic E-state index is -0.119. The number of fused-ring (bicyclic) bond motifs is 1. The first kappa shape index (κ1) is 17.0. The van der Waals surface area contributed by atoms with E-state index >= 15 is 0 Å². The van der Waals surface area contributed by atoms with Crippen molar-refractivity contribution in [2.75, 3.05) is 29.9 Å². The number of nitrogens with zero attached hydrogens (tertiary/aromatic N) is 1. The molecule has 0 atom stereocenters. The van der Waals surface area contributed by atoms with Crippen LogP contribution in [0.5, 0.6) is 0 Å². The third-order valence-corrected chi connectivity index (χ3v) is 4.26. The molecule has 2 aromatic carbocycles. The first-order valence-corrected chi connectivity index (χ1v) is 8.68. The molecule has 2 amide bonds. The van der Waals surface area contributed by atoms with E-state index in [1.54, 1.807) is 24.3 Å². The van der Waals surface area contributed by atoms with Crippen molar-refractivity contribution in [2.45, 2.75) is 19.8 Å². The van der Waals surface area contributed by atoms with Crippen LogP contribution in [0, 0.1) is 0 Å². The summed E-state index contributed by atoms with van der Waals surface area (Å²) in [4.78, 5) is 26.5. The maximum Gasteiger partial charge on any atom is 0.251 e. The van der Waals surface area contributed by atoms with Gasteiger partial charge in [-0.15, -0.1) is 0 Å². The number of rotatable bonds is 6. The molecule has 0 fully saturated rings. The van der Waals surface area contributed by atoms with Gasteiger partial charge in [-0.2, -0.15) is 0 Å². The fraction of sp³-hybridized carbons (Fsp3) is 0.300. The normalized spacial score (nSPS) is 12.6. The van der Waals surface area contributed by atoms with Crippen LogP contribution in [0.3, 0.4) is 0 Å². The van der Waals surface area contributed by atoms with Crippen molar-refractivity contribution in [2.24, 2.45) is 0 Å². The molecule has 0 saturated heterocycles. The second-order valence-electron chi connectivity index (χ2n) is 6.19. The highest BCUT2D eigenvalue weighted by atomic mass is 16.2. The first-order chi connectivity index (χ1) is 12.2. The Morgan fingerprint density at radius 1 is 1.12 bits per heavy atom. The number of hydrogen-bond donors (Lipinski definition) is 2. The fourth-order valence-electron chi connectivity index (χ4n) is 3.02. The van der Waals surface area contributed by atoms with Gasteiger partial charge in [0, 0.05) is 30.0 Å². The molecule has 130 valence electrons. The number of carbonyl (C=O) groups excluding carboxylic acids is 2. The van der Waals surface area contributed by atoms with Gasteiger partial charge in [-0.3, -0.25) is 9.59 Å². The number of carbonyl (C=O) groups is 2. The van der Waals surface area contributed by atoms with Crippen LogP contribution in [0.2, 0.25) is 0 Å². The second kappa shape index (κ2) is 7.83. The van der Waals surface area contributed by atoms with Crippen molar-refractivity contribution in [1.29, 1.82) is 0 Å². The Bertz CT molecular complexity index is 773. The van der Waals surface area contributed by atoms with E-state index in [4.69, 9.17) is 0 Å². The molecule has 0 unspecified atom stereocenters. The highest BCUT2D eigenvalue weighted by molar-refractivity contribution is 5.98. The summed E-state index contributed by atoms with van der Waals surface area (Å²) in [7, 11) is 0. The Kier molecular flexibility index (Phi) is 5.33. The van der Waals surface area contributed by atoms with Crippen LogP contribution < -0.4 is 15.5 Å². The summed E-state index contributed by atoms with van der Waals surface area (Å²) in [6.07, 6.45) is 1.86. The number of amides is 2. The summed E-state index contributed by atoms with van der Waals surface area (Å²) < 4.78 is 0. The number of nitrogens with one attached hydrogen (secondary N) is 2. The molecule has 0 bridgehead atoms. The molecule has 0 spiro atoms. The van der Waals surface area contributed by atoms with E-state index in [1.165, 1.54) is 5.56 Å². The van der Waals surface area contributed by atoms with Crippen molar-refractivity contribution >= 4 is 23.2 Å². The smallest absolute Gasteiger partial charge is 0.251 e. The summed E-state index contributed by atoms with van der Waals surface area (Å²) in [5.74, 6) is -0.200. The van der Waals surface area contributed by atoms with Gasteiger partial charge in [0.1, 0.15) is 0 Å². The first-order valence-electron chi connectivity index (χ1n) is 8.68. The van der Waals surface area contributed by atoms with Gasteiger partial charge in [0.05, 0.1) is 6.54 Å². The van der Waals surface area contributed by atoms with Crippen LogP contribution in [-0.2, 0) is 11.2 Å². The molecule has 0 aliphatic carbocycles. The average molecular weight is 337 g/mol. The standard InChI is InChI=1S/C20H23N3O2/c1-2-11-21-20(25)16-7-5-8-17(13-16)22-19(24)14-23-12-10-15-6-3-4-9-18(15)23/h3-9,13H,2,10-12,14H2,1H3,(H,21,25)(H,22,24). The number of para-hydroxylation sites is 1. The Balaban J connectivity index is 1.61. The van der Waals surface area contributed by atoms with Gasteiger partial charge in [-0.25, -0.2) is 0 Å². The topological polar surface area (TPSA) is 61.4 Å². The minimum Gasteiger partial charge on any atom is -0.362 e. The van der Waals surface area contributed by atoms with Crippen LogP contribution in [0.15, 0.2) is 48.5 Å². The second-order valence-corrected chi connectivity index (χ2v) is 6.19. The summed E-state index contributed by atoms with van der Waals surface area (Å²) in [5.41, 5.74) is 3.61. The molecule has 5 heteroatoms. The Morgan fingerprint density at radius 3 is 2.80 bits per heavy atom. The van der Waals surface area contributed by atoms with Gasteiger partial charge in [0.25, 0.3) is 5.91 Å². The fourth-order valence-corrected chi connectivity index (χ4v) is 3.02. The lowest BCUT2D eigenvalue weighted by Crippen LogP contribution is -2.32. The van der Waals surface area contributed by atoms with Crippen molar-refractivity contribution < 1.29 is 9.59 Å². The van der Waals surface area contributed by atoms with Crippen molar-refractivity contribution in [1.82, 2.24) is 5.32 Å². The molecule has 5 nitrogen and oxygen atoms in total. The maximum absolute atomic E-state index is 12.4. The molecular weight excluding hydrogens is 314 g/mol. The SMILES string of the molecule is CCCNC(=O)c1cccc(NC(=O)CN2CCc3ccccc32)c1. The number of hydrogen-bond acceptors (Lipinski definition) is 3. The lowest BCUT2D eigenvalue weighted by molar-refractivity contribution is -0.115. The summed E-state index contributed by atoms with van der Waals surface area (Å²) >= 11 is 0. The highest BCUT2D eigenvalue weighted by Crippen LogP contribution is 2.27. The van der Waals surface area contributed by atoms with E-state index in [0.717, 1.165) is 25.1 Å². The molecule has 0 saturated carbocycles. The monoisotopic (exact) mass is 337 g/mol. The zero-order valence-corrected chi connectivity index (χ0v) is 14.4. The van der Waals surface area contributed by atoms with Crippen molar-refractivity contribution in [3.05, 3.63) is 59.7 Å². The van der Waals surface area contributed by atoms with Crippen molar-refractivity contribution in [3.8, 4) is 0 Å². The molecule has 0 aromatic heterocycles. The summed E-state index contributed by atoms with van der Waals surface area (Å²) in [6.45, 7) is 3.81. The van der Waals surface area contributed by atoms with Crippen LogP contribution >= 0.6 is 0 Å². The van der Waals surface area contributed by atoms with E-state index in [9.17, 15) is 9.59 Å². The number of benzene rings is 2. The highest BCUT2D eigenvalue weighted by Gasteiger charge is 2.20. The van der Waals surface area contributed by atoms with Gasteiger partial charge in [-0.05, 0) is 42.7 Å². The molecule has 3 rings (SSSR count). The maximum atomic E-state index is 12.4. The molecule has 1 heterocycles. The minimum absolute atomic E-state index is 0.0807. The van der Waals surface area contributed by atoms with E-state index in [0.29, 0.717) is 24.3 Å². The lowest BCUT2D eigenvalue weighted by Gasteiger charge is -2.18. The Labute approximate surface area is 148 Å². The average Bonchev–Trinajstić information content (AvgIpc) is 3.03. The molecule has 2 aromatic rings. The van der Waals surface area contributed by atoms with Crippen LogP contribution in [0.25, 0.3) is 0 Å². The van der Waals surface area contributed by atoms with E-state index in [1.807, 2.05) is 25.1 Å².